The van der Waals surface area contributed by atoms with E-state index < -0.39 is 46.7 Å². The van der Waals surface area contributed by atoms with Crippen LogP contribution in [0, 0.1) is 19.4 Å². The number of carbonyl (C=O) groups is 1. The Kier molecular flexibility index (Phi) is 7.91. The van der Waals surface area contributed by atoms with E-state index >= 15 is 0 Å². The average Bonchev–Trinajstić information content (AvgIpc) is 3.43. The van der Waals surface area contributed by atoms with Gasteiger partial charge in [-0.2, -0.15) is 21.9 Å². The highest BCUT2D eigenvalue weighted by atomic mass is 35.5. The normalized spacial score (nSPS) is 24.1. The summed E-state index contributed by atoms with van der Waals surface area (Å²) in [5, 5.41) is 13.5. The number of aliphatic hydroxyl groups is 1. The molecule has 1 radical (unpaired) electrons. The lowest BCUT2D eigenvalue weighted by Crippen LogP contribution is -2.31. The molecule has 5 rings (SSSR count). The fourth-order valence-electron chi connectivity index (χ4n) is 4.86. The summed E-state index contributed by atoms with van der Waals surface area (Å²) in [7, 11) is -4.45. The topological polar surface area (TPSA) is 164 Å². The highest BCUT2D eigenvalue weighted by Gasteiger charge is 2.44. The number of alkyl halides is 2. The molecule has 0 aromatic carbocycles. The number of ketones is 1. The van der Waals surface area contributed by atoms with Gasteiger partial charge in [0.15, 0.2) is 0 Å². The summed E-state index contributed by atoms with van der Waals surface area (Å²) in [5.74, 6) is -4.03. The van der Waals surface area contributed by atoms with Gasteiger partial charge in [0.1, 0.15) is 30.0 Å². The molecule has 1 saturated carbocycles. The van der Waals surface area contributed by atoms with Crippen LogP contribution in [0.4, 0.5) is 14.6 Å². The van der Waals surface area contributed by atoms with E-state index in [0.29, 0.717) is 21.7 Å². The van der Waals surface area contributed by atoms with Gasteiger partial charge in [0.05, 0.1) is 22.2 Å². The second-order valence-corrected chi connectivity index (χ2v) is 12.3. The van der Waals surface area contributed by atoms with E-state index in [2.05, 4.69) is 20.3 Å². The molecular weight excluding hydrogens is 592 g/mol. The maximum Gasteiger partial charge on any atom is 0.333 e. The van der Waals surface area contributed by atoms with Crippen LogP contribution < -0.4 is 10.0 Å². The molecule has 3 aromatic rings. The molecule has 40 heavy (non-hydrogen) atoms. The highest BCUT2D eigenvalue weighted by molar-refractivity contribution is 7.83. The second kappa shape index (κ2) is 11.0. The Labute approximate surface area is 236 Å². The molecule has 0 spiro atoms. The van der Waals surface area contributed by atoms with Crippen molar-refractivity contribution in [1.29, 1.82) is 0 Å². The summed E-state index contributed by atoms with van der Waals surface area (Å²) >= 11 is 7.15. The van der Waals surface area contributed by atoms with Gasteiger partial charge in [-0.05, 0) is 38.0 Å². The molecule has 0 unspecified atom stereocenters. The first-order valence-electron chi connectivity index (χ1n) is 12.0. The van der Waals surface area contributed by atoms with Crippen LogP contribution in [0.15, 0.2) is 30.7 Å². The van der Waals surface area contributed by atoms with Gasteiger partial charge in [-0.25, -0.2) is 15.0 Å². The van der Waals surface area contributed by atoms with E-state index in [0.717, 1.165) is 17.9 Å². The maximum absolute atomic E-state index is 14.5. The number of aryl methyl sites for hydroxylation is 1. The number of nitrogens with zero attached hydrogens (tertiary/aromatic N) is 3. The number of fused-ring (bicyclic) bond motifs is 1. The lowest BCUT2D eigenvalue weighted by molar-refractivity contribution is -0.117. The molecule has 4 heterocycles. The van der Waals surface area contributed by atoms with Crippen molar-refractivity contribution in [2.45, 2.75) is 43.9 Å². The van der Waals surface area contributed by atoms with Gasteiger partial charge >= 0.3 is 10.3 Å². The number of thiophene rings is 1. The zero-order valence-electron chi connectivity index (χ0n) is 20.7. The zero-order chi connectivity index (χ0) is 28.8. The largest absolute Gasteiger partial charge is 0.393 e. The first kappa shape index (κ1) is 28.9. The molecule has 1 aliphatic carbocycles. The van der Waals surface area contributed by atoms with Crippen molar-refractivity contribution in [3.63, 3.8) is 0 Å². The summed E-state index contributed by atoms with van der Waals surface area (Å²) in [5.41, 5.74) is 0.361. The molecule has 0 bridgehead atoms. The molecule has 4 atom stereocenters. The average molecular weight is 615 g/mol. The first-order valence-corrected chi connectivity index (χ1v) is 14.6. The third-order valence-corrected chi connectivity index (χ3v) is 8.44. The molecule has 1 aliphatic heterocycles. The number of pyridine rings is 1. The predicted molar refractivity (Wildman–Crippen MR) is 141 cm³/mol. The number of hydrogen-bond acceptors (Lipinski definition) is 10. The number of carbonyl (C=O) groups excluding carboxylic acids is 1. The van der Waals surface area contributed by atoms with Crippen LogP contribution in [0.2, 0.25) is 5.15 Å². The van der Waals surface area contributed by atoms with E-state index in [1.165, 1.54) is 24.7 Å². The van der Waals surface area contributed by atoms with E-state index in [-0.39, 0.29) is 40.3 Å². The third-order valence-electron chi connectivity index (χ3n) is 6.73. The first-order chi connectivity index (χ1) is 18.8. The van der Waals surface area contributed by atoms with E-state index in [9.17, 15) is 27.1 Å². The number of anilines is 1. The second-order valence-electron chi connectivity index (χ2n) is 9.50. The number of aromatic nitrogens is 3. The number of nitrogens with one attached hydrogen (secondary N) is 2. The zero-order valence-corrected chi connectivity index (χ0v) is 23.1. The van der Waals surface area contributed by atoms with Crippen LogP contribution in [-0.2, 0) is 21.0 Å². The third kappa shape index (κ3) is 6.00. The molecule has 213 valence electrons. The van der Waals surface area contributed by atoms with Crippen molar-refractivity contribution in [3.8, 4) is 0 Å². The van der Waals surface area contributed by atoms with Crippen molar-refractivity contribution in [2.75, 3.05) is 11.9 Å². The minimum atomic E-state index is -4.45. The molecule has 1 fully saturated rings. The molecule has 4 N–H and O–H groups in total. The van der Waals surface area contributed by atoms with Crippen LogP contribution in [0.5, 0.6) is 0 Å². The minimum Gasteiger partial charge on any atom is -0.393 e. The number of halogens is 3. The van der Waals surface area contributed by atoms with Crippen molar-refractivity contribution < 1.29 is 36.4 Å². The Bertz CT molecular complexity index is 1560. The van der Waals surface area contributed by atoms with Gasteiger partial charge in [0.2, 0.25) is 5.78 Å². The fraction of sp³-hybridized carbons (Fsp3) is 0.375. The maximum atomic E-state index is 14.5. The molecule has 16 heteroatoms. The molecule has 0 amide bonds. The quantitative estimate of drug-likeness (QED) is 0.168. The lowest BCUT2D eigenvalue weighted by atomic mass is 9.95. The Hall–Kier alpha value is -2.66. The molecule has 11 nitrogen and oxygen atoms in total. The van der Waals surface area contributed by atoms with Gasteiger partial charge in [-0.15, -0.1) is 11.3 Å². The number of aliphatic hydroxyl groups excluding tert-OH is 1. The Balaban J connectivity index is 1.37. The lowest BCUT2D eigenvalue weighted by Gasteiger charge is -2.30. The minimum absolute atomic E-state index is 0.0105. The van der Waals surface area contributed by atoms with Gasteiger partial charge < -0.3 is 15.2 Å². The van der Waals surface area contributed by atoms with E-state index in [4.69, 9.17) is 20.9 Å². The van der Waals surface area contributed by atoms with Crippen molar-refractivity contribution in [1.82, 2.24) is 19.7 Å². The Morgan fingerprint density at radius 1 is 1.32 bits per heavy atom. The SMILES string of the molecule is Cc1sc(C(=O)c2cncnc2N[C@H]2C[C@H](O)[C@@H]([CH]NS(=O)(=O)O)C2)cc1[C@@H]1OCC(F)(F)c2ccc(Cl)nc21. The smallest absolute Gasteiger partial charge is 0.333 e. The van der Waals surface area contributed by atoms with E-state index in [1.54, 1.807) is 13.0 Å². The Morgan fingerprint density at radius 3 is 2.85 bits per heavy atom. The summed E-state index contributed by atoms with van der Waals surface area (Å²) < 4.78 is 67.2. The van der Waals surface area contributed by atoms with Crippen LogP contribution in [0.1, 0.15) is 55.9 Å². The van der Waals surface area contributed by atoms with Crippen molar-refractivity contribution in [3.05, 3.63) is 74.6 Å². The number of ether oxygens (including phenoxy) is 1. The monoisotopic (exact) mass is 614 g/mol. The molecule has 0 saturated heterocycles. The summed E-state index contributed by atoms with van der Waals surface area (Å²) in [6.45, 7) is 2.00. The van der Waals surface area contributed by atoms with E-state index in [1.807, 2.05) is 4.72 Å². The standard InChI is InChI=1S/C24H23ClF2N5O6S2/c1-11-14(22-20-16(2-3-19(25)32-20)24(26,27)9-38-22)6-18(39-11)21(34)15-8-28-10-29-23(15)31-13-4-12(17(33)5-13)7-30-40(35,36)37/h2-3,6-8,10,12-13,17,22,30,33H,4-5,9H2,1H3,(H,28,29,31)(H,35,36,37)/t12-,13-,17+,22+/m1/s1. The summed E-state index contributed by atoms with van der Waals surface area (Å²) in [4.78, 5) is 26.8. The van der Waals surface area contributed by atoms with Crippen LogP contribution in [0.25, 0.3) is 0 Å². The van der Waals surface area contributed by atoms with Crippen molar-refractivity contribution in [2.24, 2.45) is 5.92 Å². The molecular formula is C24H23ClF2N5O6S2. The number of rotatable bonds is 8. The van der Waals surface area contributed by atoms with Crippen LogP contribution >= 0.6 is 22.9 Å². The number of hydrogen-bond donors (Lipinski definition) is 4. The van der Waals surface area contributed by atoms with Gasteiger partial charge in [0.25, 0.3) is 5.92 Å². The van der Waals surface area contributed by atoms with Gasteiger partial charge in [0, 0.05) is 40.7 Å². The van der Waals surface area contributed by atoms with Crippen molar-refractivity contribution >= 4 is 44.8 Å². The molecule has 2 aliphatic rings. The van der Waals surface area contributed by atoms with Crippen LogP contribution in [-0.4, -0.2) is 57.6 Å². The summed E-state index contributed by atoms with van der Waals surface area (Å²) in [6, 6.07) is 3.73. The highest BCUT2D eigenvalue weighted by Crippen LogP contribution is 2.44. The van der Waals surface area contributed by atoms with Gasteiger partial charge in [-0.1, -0.05) is 11.6 Å². The molecule has 3 aromatic heterocycles. The van der Waals surface area contributed by atoms with Gasteiger partial charge in [-0.3, -0.25) is 9.35 Å². The summed E-state index contributed by atoms with van der Waals surface area (Å²) in [6.07, 6.45) is 1.27. The predicted octanol–water partition coefficient (Wildman–Crippen LogP) is 3.44. The fourth-order valence-corrected chi connectivity index (χ4v) is 6.37. The van der Waals surface area contributed by atoms with Crippen LogP contribution in [0.3, 0.4) is 0 Å². The Morgan fingerprint density at radius 2 is 2.10 bits per heavy atom.